The summed E-state index contributed by atoms with van der Waals surface area (Å²) in [6.07, 6.45) is 5.07. The molecule has 1 unspecified atom stereocenters. The average molecular weight is 268 g/mol. The van der Waals surface area contributed by atoms with Crippen LogP contribution in [0.2, 0.25) is 0 Å². The Morgan fingerprint density at radius 3 is 2.28 bits per heavy atom. The SMILES string of the molecule is CC(NC1CCCC1)c1ccc(S(N)(=O)=O)cc1. The molecular weight excluding hydrogens is 248 g/mol. The van der Waals surface area contributed by atoms with Crippen LogP contribution in [0.25, 0.3) is 0 Å². The lowest BCUT2D eigenvalue weighted by Crippen LogP contribution is -2.28. The molecule has 18 heavy (non-hydrogen) atoms. The molecule has 1 aromatic rings. The lowest BCUT2D eigenvalue weighted by Gasteiger charge is -2.19. The van der Waals surface area contributed by atoms with E-state index in [-0.39, 0.29) is 10.9 Å². The highest BCUT2D eigenvalue weighted by Gasteiger charge is 2.17. The van der Waals surface area contributed by atoms with Gasteiger partial charge in [-0.15, -0.1) is 0 Å². The molecule has 0 heterocycles. The van der Waals surface area contributed by atoms with Gasteiger partial charge in [-0.25, -0.2) is 13.6 Å². The first kappa shape index (κ1) is 13.5. The number of hydrogen-bond acceptors (Lipinski definition) is 3. The van der Waals surface area contributed by atoms with Crippen LogP contribution in [0.5, 0.6) is 0 Å². The van der Waals surface area contributed by atoms with Crippen molar-refractivity contribution in [1.29, 1.82) is 0 Å². The Kier molecular flexibility index (Phi) is 4.04. The normalized spacial score (nSPS) is 19.0. The van der Waals surface area contributed by atoms with Crippen LogP contribution >= 0.6 is 0 Å². The molecule has 0 aromatic heterocycles. The number of nitrogens with one attached hydrogen (secondary N) is 1. The van der Waals surface area contributed by atoms with Crippen molar-refractivity contribution < 1.29 is 8.42 Å². The van der Waals surface area contributed by atoms with Crippen LogP contribution in [0.4, 0.5) is 0 Å². The number of rotatable bonds is 4. The molecule has 1 aliphatic carbocycles. The van der Waals surface area contributed by atoms with Gasteiger partial charge in [0, 0.05) is 12.1 Å². The maximum absolute atomic E-state index is 11.2. The Balaban J connectivity index is 2.04. The van der Waals surface area contributed by atoms with Crippen molar-refractivity contribution in [2.24, 2.45) is 5.14 Å². The molecule has 100 valence electrons. The Hall–Kier alpha value is -0.910. The fourth-order valence-corrected chi connectivity index (χ4v) is 3.00. The first-order valence-electron chi connectivity index (χ1n) is 6.35. The molecule has 0 radical (unpaired) electrons. The smallest absolute Gasteiger partial charge is 0.238 e. The average Bonchev–Trinajstić information content (AvgIpc) is 2.81. The second kappa shape index (κ2) is 5.38. The zero-order valence-electron chi connectivity index (χ0n) is 10.6. The van der Waals surface area contributed by atoms with E-state index in [1.54, 1.807) is 12.1 Å². The molecule has 1 aliphatic rings. The summed E-state index contributed by atoms with van der Waals surface area (Å²) in [5, 5.41) is 8.64. The quantitative estimate of drug-likeness (QED) is 0.876. The van der Waals surface area contributed by atoms with Crippen LogP contribution in [-0.2, 0) is 10.0 Å². The predicted molar refractivity (Wildman–Crippen MR) is 71.6 cm³/mol. The molecule has 1 saturated carbocycles. The Bertz CT molecular complexity index is 490. The molecule has 5 heteroatoms. The monoisotopic (exact) mass is 268 g/mol. The molecule has 1 aromatic carbocycles. The summed E-state index contributed by atoms with van der Waals surface area (Å²) in [6.45, 7) is 2.10. The van der Waals surface area contributed by atoms with Crippen LogP contribution in [-0.4, -0.2) is 14.5 Å². The lowest BCUT2D eigenvalue weighted by atomic mass is 10.1. The third-order valence-corrected chi connectivity index (χ3v) is 4.48. The highest BCUT2D eigenvalue weighted by molar-refractivity contribution is 7.89. The summed E-state index contributed by atoms with van der Waals surface area (Å²) in [5.74, 6) is 0. The van der Waals surface area contributed by atoms with E-state index in [4.69, 9.17) is 5.14 Å². The van der Waals surface area contributed by atoms with E-state index in [0.717, 1.165) is 5.56 Å². The standard InChI is InChI=1S/C13H20N2O2S/c1-10(15-12-4-2-3-5-12)11-6-8-13(9-7-11)18(14,16)17/h6-10,12,15H,2-5H2,1H3,(H2,14,16,17). The van der Waals surface area contributed by atoms with E-state index in [1.165, 1.54) is 25.7 Å². The van der Waals surface area contributed by atoms with Crippen LogP contribution in [0.15, 0.2) is 29.2 Å². The van der Waals surface area contributed by atoms with Crippen molar-refractivity contribution in [1.82, 2.24) is 5.32 Å². The van der Waals surface area contributed by atoms with Crippen molar-refractivity contribution in [3.8, 4) is 0 Å². The number of sulfonamides is 1. The minimum atomic E-state index is -3.59. The van der Waals surface area contributed by atoms with Crippen molar-refractivity contribution in [3.05, 3.63) is 29.8 Å². The van der Waals surface area contributed by atoms with E-state index in [1.807, 2.05) is 12.1 Å². The van der Waals surface area contributed by atoms with E-state index in [2.05, 4.69) is 12.2 Å². The molecule has 1 atom stereocenters. The van der Waals surface area contributed by atoms with Crippen LogP contribution in [0.1, 0.15) is 44.2 Å². The number of primary sulfonamides is 1. The Morgan fingerprint density at radius 2 is 1.78 bits per heavy atom. The van der Waals surface area contributed by atoms with Crippen molar-refractivity contribution in [2.75, 3.05) is 0 Å². The largest absolute Gasteiger partial charge is 0.307 e. The lowest BCUT2D eigenvalue weighted by molar-refractivity contribution is 0.461. The van der Waals surface area contributed by atoms with Gasteiger partial charge in [-0.3, -0.25) is 0 Å². The topological polar surface area (TPSA) is 72.2 Å². The zero-order chi connectivity index (χ0) is 13.2. The van der Waals surface area contributed by atoms with Gasteiger partial charge in [0.25, 0.3) is 0 Å². The van der Waals surface area contributed by atoms with Crippen molar-refractivity contribution >= 4 is 10.0 Å². The molecule has 1 fully saturated rings. The summed E-state index contributed by atoms with van der Waals surface area (Å²) in [7, 11) is -3.59. The first-order chi connectivity index (χ1) is 8.47. The highest BCUT2D eigenvalue weighted by atomic mass is 32.2. The van der Waals surface area contributed by atoms with Gasteiger partial charge in [0.15, 0.2) is 0 Å². The van der Waals surface area contributed by atoms with E-state index in [0.29, 0.717) is 6.04 Å². The van der Waals surface area contributed by atoms with Crippen LogP contribution in [0.3, 0.4) is 0 Å². The second-order valence-electron chi connectivity index (χ2n) is 4.98. The minimum Gasteiger partial charge on any atom is -0.307 e. The van der Waals surface area contributed by atoms with Gasteiger partial charge in [-0.1, -0.05) is 25.0 Å². The fourth-order valence-electron chi connectivity index (χ4n) is 2.49. The third kappa shape index (κ3) is 3.31. The third-order valence-electron chi connectivity index (χ3n) is 3.55. The van der Waals surface area contributed by atoms with Crippen molar-refractivity contribution in [3.63, 3.8) is 0 Å². The van der Waals surface area contributed by atoms with E-state index in [9.17, 15) is 8.42 Å². The molecule has 0 saturated heterocycles. The Morgan fingerprint density at radius 1 is 1.22 bits per heavy atom. The highest BCUT2D eigenvalue weighted by Crippen LogP contribution is 2.22. The van der Waals surface area contributed by atoms with E-state index >= 15 is 0 Å². The number of hydrogen-bond donors (Lipinski definition) is 2. The molecule has 2 rings (SSSR count). The van der Waals surface area contributed by atoms with Gasteiger partial charge >= 0.3 is 0 Å². The Labute approximate surface area is 109 Å². The summed E-state index contributed by atoms with van der Waals surface area (Å²) >= 11 is 0. The van der Waals surface area contributed by atoms with Gasteiger partial charge in [-0.2, -0.15) is 0 Å². The summed E-state index contributed by atoms with van der Waals surface area (Å²) in [4.78, 5) is 0.166. The van der Waals surface area contributed by atoms with Gasteiger partial charge in [-0.05, 0) is 37.5 Å². The maximum Gasteiger partial charge on any atom is 0.238 e. The van der Waals surface area contributed by atoms with E-state index < -0.39 is 10.0 Å². The molecule has 3 N–H and O–H groups in total. The fraction of sp³-hybridized carbons (Fsp3) is 0.538. The predicted octanol–water partition coefficient (Wildman–Crippen LogP) is 1.93. The number of benzene rings is 1. The van der Waals surface area contributed by atoms with Crippen LogP contribution < -0.4 is 10.5 Å². The zero-order valence-corrected chi connectivity index (χ0v) is 11.4. The second-order valence-corrected chi connectivity index (χ2v) is 6.55. The molecule has 0 aliphatic heterocycles. The molecule has 4 nitrogen and oxygen atoms in total. The first-order valence-corrected chi connectivity index (χ1v) is 7.90. The van der Waals surface area contributed by atoms with Gasteiger partial charge in [0.2, 0.25) is 10.0 Å². The van der Waals surface area contributed by atoms with Gasteiger partial charge in [0.05, 0.1) is 4.90 Å². The molecule has 0 amide bonds. The minimum absolute atomic E-state index is 0.166. The summed E-state index contributed by atoms with van der Waals surface area (Å²) in [6, 6.07) is 7.62. The summed E-state index contributed by atoms with van der Waals surface area (Å²) < 4.78 is 22.3. The molecule has 0 spiro atoms. The maximum atomic E-state index is 11.2. The van der Waals surface area contributed by atoms with Gasteiger partial charge in [0.1, 0.15) is 0 Å². The van der Waals surface area contributed by atoms with Gasteiger partial charge < -0.3 is 5.32 Å². The van der Waals surface area contributed by atoms with Crippen molar-refractivity contribution in [2.45, 2.75) is 49.6 Å². The molecule has 0 bridgehead atoms. The number of nitrogens with two attached hydrogens (primary N) is 1. The summed E-state index contributed by atoms with van der Waals surface area (Å²) in [5.41, 5.74) is 1.09. The molecular formula is C13H20N2O2S. The van der Waals surface area contributed by atoms with Crippen LogP contribution in [0, 0.1) is 0 Å².